The number of nitrogens with two attached hydrogens (primary N) is 1. The van der Waals surface area contributed by atoms with Gasteiger partial charge in [-0.1, -0.05) is 39.3 Å². The molecule has 3 heteroatoms. The Kier molecular flexibility index (Phi) is 2.66. The van der Waals surface area contributed by atoms with Crippen molar-refractivity contribution in [3.8, 4) is 0 Å². The molecule has 0 saturated heterocycles. The van der Waals surface area contributed by atoms with Crippen molar-refractivity contribution in [3.63, 3.8) is 0 Å². The molecule has 3 aliphatic carbocycles. The van der Waals surface area contributed by atoms with E-state index in [1.807, 2.05) is 13.8 Å². The van der Waals surface area contributed by atoms with Crippen LogP contribution in [0.4, 0.5) is 0 Å². The monoisotopic (exact) mass is 237 g/mol. The Morgan fingerprint density at radius 3 is 2.59 bits per heavy atom. The highest BCUT2D eigenvalue weighted by molar-refractivity contribution is 5.75. The number of carboxylic acid groups (broad SMARTS) is 1. The van der Waals surface area contributed by atoms with E-state index < -0.39 is 17.4 Å². The first-order valence-corrected chi connectivity index (χ1v) is 6.38. The molecular formula is C14H23NO2. The van der Waals surface area contributed by atoms with E-state index in [-0.39, 0.29) is 0 Å². The first kappa shape index (κ1) is 12.6. The summed E-state index contributed by atoms with van der Waals surface area (Å²) in [5, 5.41) is 9.13. The van der Waals surface area contributed by atoms with Gasteiger partial charge >= 0.3 is 5.97 Å². The summed E-state index contributed by atoms with van der Waals surface area (Å²) in [4.78, 5) is 11.1. The van der Waals surface area contributed by atoms with Crippen LogP contribution in [-0.2, 0) is 4.79 Å². The van der Waals surface area contributed by atoms with Crippen molar-refractivity contribution in [1.29, 1.82) is 0 Å². The maximum atomic E-state index is 11.1. The molecule has 0 aromatic heterocycles. The number of allylic oxidation sites excluding steroid dienone is 1. The van der Waals surface area contributed by atoms with Crippen molar-refractivity contribution in [2.24, 2.45) is 28.4 Å². The molecule has 17 heavy (non-hydrogen) atoms. The Morgan fingerprint density at radius 2 is 2.18 bits per heavy atom. The van der Waals surface area contributed by atoms with Crippen LogP contribution in [0.1, 0.15) is 40.5 Å². The quantitative estimate of drug-likeness (QED) is 0.741. The summed E-state index contributed by atoms with van der Waals surface area (Å²) < 4.78 is 0. The molecule has 0 heterocycles. The predicted molar refractivity (Wildman–Crippen MR) is 67.5 cm³/mol. The van der Waals surface area contributed by atoms with Gasteiger partial charge in [-0.2, -0.15) is 0 Å². The SMILES string of the molecule is CC(C)(C1=CCC2CC1C2(C)C)C(N)C(=O)O. The lowest BCUT2D eigenvalue weighted by Crippen LogP contribution is -2.54. The second-order valence-corrected chi connectivity index (χ2v) is 6.74. The molecule has 3 N–H and O–H groups in total. The van der Waals surface area contributed by atoms with Gasteiger partial charge in [-0.3, -0.25) is 4.79 Å². The fourth-order valence-electron chi connectivity index (χ4n) is 3.56. The van der Waals surface area contributed by atoms with Gasteiger partial charge in [-0.15, -0.1) is 0 Å². The van der Waals surface area contributed by atoms with E-state index in [9.17, 15) is 4.79 Å². The minimum absolute atomic E-state index is 0.319. The van der Waals surface area contributed by atoms with Crippen molar-refractivity contribution in [2.75, 3.05) is 0 Å². The number of carboxylic acids is 1. The summed E-state index contributed by atoms with van der Waals surface area (Å²) >= 11 is 0. The van der Waals surface area contributed by atoms with E-state index in [4.69, 9.17) is 10.8 Å². The zero-order valence-electron chi connectivity index (χ0n) is 11.2. The Hall–Kier alpha value is -0.830. The Balaban J connectivity index is 2.29. The van der Waals surface area contributed by atoms with Crippen molar-refractivity contribution < 1.29 is 9.90 Å². The number of aliphatic carboxylic acids is 1. The van der Waals surface area contributed by atoms with E-state index in [1.54, 1.807) is 0 Å². The lowest BCUT2D eigenvalue weighted by Gasteiger charge is -2.59. The van der Waals surface area contributed by atoms with Crippen molar-refractivity contribution in [1.82, 2.24) is 0 Å². The molecule has 0 spiro atoms. The lowest BCUT2D eigenvalue weighted by atomic mass is 9.45. The van der Waals surface area contributed by atoms with E-state index in [2.05, 4.69) is 19.9 Å². The van der Waals surface area contributed by atoms with Crippen molar-refractivity contribution in [2.45, 2.75) is 46.6 Å². The largest absolute Gasteiger partial charge is 0.480 e. The highest BCUT2D eigenvalue weighted by Gasteiger charge is 2.55. The molecular weight excluding hydrogens is 214 g/mol. The molecule has 3 atom stereocenters. The van der Waals surface area contributed by atoms with E-state index in [0.717, 1.165) is 12.3 Å². The van der Waals surface area contributed by atoms with Crippen LogP contribution in [0, 0.1) is 22.7 Å². The molecule has 0 aromatic rings. The van der Waals surface area contributed by atoms with Crippen LogP contribution < -0.4 is 5.73 Å². The Labute approximate surface area is 103 Å². The van der Waals surface area contributed by atoms with Crippen LogP contribution in [-0.4, -0.2) is 17.1 Å². The first-order valence-electron chi connectivity index (χ1n) is 6.38. The van der Waals surface area contributed by atoms with Gasteiger partial charge in [0.1, 0.15) is 6.04 Å². The summed E-state index contributed by atoms with van der Waals surface area (Å²) in [5.74, 6) is 0.380. The van der Waals surface area contributed by atoms with Gasteiger partial charge < -0.3 is 10.8 Å². The normalized spacial score (nSPS) is 32.4. The third kappa shape index (κ3) is 1.63. The molecule has 0 radical (unpaired) electrons. The van der Waals surface area contributed by atoms with Gasteiger partial charge in [0.05, 0.1) is 0 Å². The van der Waals surface area contributed by atoms with E-state index >= 15 is 0 Å². The number of rotatable bonds is 3. The third-order valence-corrected chi connectivity index (χ3v) is 5.26. The molecule has 2 bridgehead atoms. The molecule has 1 saturated carbocycles. The highest BCUT2D eigenvalue weighted by Crippen LogP contribution is 2.62. The topological polar surface area (TPSA) is 63.3 Å². The molecule has 3 nitrogen and oxygen atoms in total. The Bertz CT molecular complexity index is 382. The zero-order chi connectivity index (χ0) is 13.0. The molecule has 96 valence electrons. The summed E-state index contributed by atoms with van der Waals surface area (Å²) in [6.07, 6.45) is 4.52. The van der Waals surface area contributed by atoms with Crippen LogP contribution in [0.5, 0.6) is 0 Å². The molecule has 3 unspecified atom stereocenters. The minimum Gasteiger partial charge on any atom is -0.480 e. The zero-order valence-corrected chi connectivity index (χ0v) is 11.2. The third-order valence-electron chi connectivity index (χ3n) is 5.26. The van der Waals surface area contributed by atoms with Gasteiger partial charge in [0.2, 0.25) is 0 Å². The van der Waals surface area contributed by atoms with Gasteiger partial charge in [-0.25, -0.2) is 0 Å². The Morgan fingerprint density at radius 1 is 1.59 bits per heavy atom. The summed E-state index contributed by atoms with van der Waals surface area (Å²) in [6.45, 7) is 8.51. The maximum Gasteiger partial charge on any atom is 0.321 e. The molecule has 0 aromatic carbocycles. The van der Waals surface area contributed by atoms with Gasteiger partial charge in [0, 0.05) is 5.41 Å². The number of hydrogen-bond donors (Lipinski definition) is 2. The maximum absolute atomic E-state index is 11.1. The summed E-state index contributed by atoms with van der Waals surface area (Å²) in [5.41, 5.74) is 6.99. The van der Waals surface area contributed by atoms with Gasteiger partial charge in [0.15, 0.2) is 0 Å². The molecule has 0 amide bonds. The van der Waals surface area contributed by atoms with Crippen molar-refractivity contribution >= 4 is 5.97 Å². The number of hydrogen-bond acceptors (Lipinski definition) is 2. The second-order valence-electron chi connectivity index (χ2n) is 6.74. The smallest absolute Gasteiger partial charge is 0.321 e. The summed E-state index contributed by atoms with van der Waals surface area (Å²) in [7, 11) is 0. The fraction of sp³-hybridized carbons (Fsp3) is 0.786. The lowest BCUT2D eigenvalue weighted by molar-refractivity contribution is -0.141. The number of carbonyl (C=O) groups is 1. The van der Waals surface area contributed by atoms with Crippen LogP contribution >= 0.6 is 0 Å². The van der Waals surface area contributed by atoms with Gasteiger partial charge in [-0.05, 0) is 30.1 Å². The van der Waals surface area contributed by atoms with Crippen LogP contribution in [0.3, 0.4) is 0 Å². The number of fused-ring (bicyclic) bond motifs is 1. The highest BCUT2D eigenvalue weighted by atomic mass is 16.4. The fourth-order valence-corrected chi connectivity index (χ4v) is 3.56. The average Bonchev–Trinajstić information content (AvgIpc) is 2.27. The molecule has 3 rings (SSSR count). The van der Waals surface area contributed by atoms with Crippen molar-refractivity contribution in [3.05, 3.63) is 11.6 Å². The van der Waals surface area contributed by atoms with Crippen LogP contribution in [0.2, 0.25) is 0 Å². The first-order chi connectivity index (χ1) is 7.69. The van der Waals surface area contributed by atoms with E-state index in [1.165, 1.54) is 12.0 Å². The minimum atomic E-state index is -0.907. The van der Waals surface area contributed by atoms with Gasteiger partial charge in [0.25, 0.3) is 0 Å². The van der Waals surface area contributed by atoms with Crippen LogP contribution in [0.25, 0.3) is 0 Å². The second kappa shape index (κ2) is 3.58. The average molecular weight is 237 g/mol. The molecule has 3 aliphatic rings. The predicted octanol–water partition coefficient (Wildman–Crippen LogP) is 2.42. The summed E-state index contributed by atoms with van der Waals surface area (Å²) in [6, 6.07) is -0.818. The molecule has 1 fully saturated rings. The van der Waals surface area contributed by atoms with Crippen LogP contribution in [0.15, 0.2) is 11.6 Å². The standard InChI is InChI=1S/C14H23NO2/c1-13(2)8-5-6-9(10(13)7-8)14(3,4)11(15)12(16)17/h6,8,10-11H,5,7,15H2,1-4H3,(H,16,17). The van der Waals surface area contributed by atoms with E-state index in [0.29, 0.717) is 11.3 Å². The molecule has 0 aliphatic heterocycles.